The Morgan fingerprint density at radius 2 is 2.00 bits per heavy atom. The van der Waals surface area contributed by atoms with Crippen molar-refractivity contribution in [1.82, 2.24) is 10.2 Å². The summed E-state index contributed by atoms with van der Waals surface area (Å²) < 4.78 is 10.1. The number of esters is 1. The van der Waals surface area contributed by atoms with Crippen LogP contribution in [0.15, 0.2) is 23.2 Å². The van der Waals surface area contributed by atoms with Crippen molar-refractivity contribution >= 4 is 35.9 Å². The molecule has 1 aromatic rings. The predicted molar refractivity (Wildman–Crippen MR) is 117 cm³/mol. The minimum Gasteiger partial charge on any atom is -0.496 e. The molecule has 27 heavy (non-hydrogen) atoms. The molecule has 7 heteroatoms. The molecule has 0 unspecified atom stereocenters. The number of hydrogen-bond acceptors (Lipinski definition) is 4. The van der Waals surface area contributed by atoms with Gasteiger partial charge in [-0.3, -0.25) is 4.99 Å². The second-order valence-corrected chi connectivity index (χ2v) is 7.31. The van der Waals surface area contributed by atoms with E-state index < -0.39 is 5.97 Å². The van der Waals surface area contributed by atoms with Gasteiger partial charge in [0.05, 0.1) is 14.2 Å². The van der Waals surface area contributed by atoms with Gasteiger partial charge in [0.25, 0.3) is 0 Å². The van der Waals surface area contributed by atoms with Crippen molar-refractivity contribution in [1.29, 1.82) is 0 Å². The molecule has 1 saturated heterocycles. The highest BCUT2D eigenvalue weighted by Gasteiger charge is 2.41. The maximum absolute atomic E-state index is 11.9. The van der Waals surface area contributed by atoms with Crippen molar-refractivity contribution in [2.75, 3.05) is 34.4 Å². The molecule has 1 aromatic carbocycles. The number of nitrogens with zero attached hydrogens (tertiary/aromatic N) is 2. The number of carbonyl (C=O) groups excluding carboxylic acids is 1. The average Bonchev–Trinajstić information content (AvgIpc) is 3.31. The van der Waals surface area contributed by atoms with Gasteiger partial charge in [0.2, 0.25) is 0 Å². The van der Waals surface area contributed by atoms with E-state index in [4.69, 9.17) is 9.47 Å². The summed E-state index contributed by atoms with van der Waals surface area (Å²) in [6.07, 6.45) is 6.69. The van der Waals surface area contributed by atoms with Gasteiger partial charge in [0, 0.05) is 26.7 Å². The molecule has 1 aliphatic carbocycles. The molecule has 0 bridgehead atoms. The number of halogens is 1. The Morgan fingerprint density at radius 3 is 2.63 bits per heavy atom. The van der Waals surface area contributed by atoms with E-state index in [0.717, 1.165) is 24.6 Å². The second kappa shape index (κ2) is 9.61. The smallest absolute Gasteiger partial charge is 0.341 e. The Bertz CT molecular complexity index is 687. The van der Waals surface area contributed by atoms with Crippen LogP contribution in [-0.4, -0.2) is 51.2 Å². The monoisotopic (exact) mass is 487 g/mol. The van der Waals surface area contributed by atoms with Gasteiger partial charge >= 0.3 is 5.97 Å². The zero-order chi connectivity index (χ0) is 18.6. The molecule has 0 amide bonds. The van der Waals surface area contributed by atoms with E-state index in [1.165, 1.54) is 39.2 Å². The molecule has 1 N–H and O–H groups in total. The summed E-state index contributed by atoms with van der Waals surface area (Å²) in [5.74, 6) is 1.06. The van der Waals surface area contributed by atoms with E-state index in [1.54, 1.807) is 13.2 Å². The maximum atomic E-state index is 11.9. The summed E-state index contributed by atoms with van der Waals surface area (Å²) in [4.78, 5) is 18.8. The second-order valence-electron chi connectivity index (χ2n) is 7.31. The Balaban J connectivity index is 0.00000261. The van der Waals surface area contributed by atoms with Crippen LogP contribution < -0.4 is 10.1 Å². The molecule has 2 aliphatic rings. The van der Waals surface area contributed by atoms with Gasteiger partial charge in [-0.2, -0.15) is 0 Å². The van der Waals surface area contributed by atoms with E-state index in [2.05, 4.69) is 15.2 Å². The van der Waals surface area contributed by atoms with Crippen LogP contribution in [0.25, 0.3) is 0 Å². The fourth-order valence-corrected chi connectivity index (χ4v) is 4.30. The van der Waals surface area contributed by atoms with Crippen LogP contribution in [0.1, 0.15) is 48.0 Å². The molecule has 3 rings (SSSR count). The predicted octanol–water partition coefficient (Wildman–Crippen LogP) is 3.44. The van der Waals surface area contributed by atoms with Gasteiger partial charge in [-0.1, -0.05) is 18.9 Å². The standard InChI is InChI=1S/C20H29N3O3.HI/c1-21-19(23-11-10-20(14-23)8-4-5-9-20)22-13-15-6-7-17(25-2)16(12-15)18(24)26-3;/h6-7,12H,4-5,8-11,13-14H2,1-3H3,(H,21,22);1H. The highest BCUT2D eigenvalue weighted by Crippen LogP contribution is 2.45. The first-order valence-corrected chi connectivity index (χ1v) is 9.32. The lowest BCUT2D eigenvalue weighted by molar-refractivity contribution is 0.0597. The molecule has 0 atom stereocenters. The molecule has 0 radical (unpaired) electrons. The Kier molecular flexibility index (Phi) is 7.76. The van der Waals surface area contributed by atoms with Gasteiger partial charge in [-0.15, -0.1) is 24.0 Å². The fraction of sp³-hybridized carbons (Fsp3) is 0.600. The van der Waals surface area contributed by atoms with Crippen molar-refractivity contribution in [2.24, 2.45) is 10.4 Å². The highest BCUT2D eigenvalue weighted by molar-refractivity contribution is 14.0. The lowest BCUT2D eigenvalue weighted by atomic mass is 9.86. The van der Waals surface area contributed by atoms with Crippen LogP contribution in [0.5, 0.6) is 5.75 Å². The van der Waals surface area contributed by atoms with E-state index >= 15 is 0 Å². The first-order chi connectivity index (χ1) is 12.6. The Labute approximate surface area is 178 Å². The lowest BCUT2D eigenvalue weighted by Gasteiger charge is -2.26. The third kappa shape index (κ3) is 4.86. The molecule has 6 nitrogen and oxygen atoms in total. The number of carbonyl (C=O) groups is 1. The van der Waals surface area contributed by atoms with E-state index in [9.17, 15) is 4.79 Å². The molecule has 150 valence electrons. The quantitative estimate of drug-likeness (QED) is 0.305. The maximum Gasteiger partial charge on any atom is 0.341 e. The number of nitrogens with one attached hydrogen (secondary N) is 1. The number of guanidine groups is 1. The number of hydrogen-bond donors (Lipinski definition) is 1. The first kappa shape index (κ1) is 21.8. The number of rotatable bonds is 4. The largest absolute Gasteiger partial charge is 0.496 e. The summed E-state index contributed by atoms with van der Waals surface area (Å²) in [6, 6.07) is 5.57. The van der Waals surface area contributed by atoms with Gasteiger partial charge in [-0.05, 0) is 42.4 Å². The molecule has 1 spiro atoms. The number of likely N-dealkylation sites (tertiary alicyclic amines) is 1. The molecular formula is C20H30IN3O3. The van der Waals surface area contributed by atoms with Crippen LogP contribution in [0.4, 0.5) is 0 Å². The van der Waals surface area contributed by atoms with Crippen molar-refractivity contribution in [3.63, 3.8) is 0 Å². The van der Waals surface area contributed by atoms with Crippen molar-refractivity contribution in [2.45, 2.75) is 38.6 Å². The highest BCUT2D eigenvalue weighted by atomic mass is 127. The van der Waals surface area contributed by atoms with Crippen LogP contribution >= 0.6 is 24.0 Å². The van der Waals surface area contributed by atoms with Gasteiger partial charge in [-0.25, -0.2) is 4.79 Å². The molecule has 1 saturated carbocycles. The van der Waals surface area contributed by atoms with Crippen molar-refractivity contribution in [3.8, 4) is 5.75 Å². The summed E-state index contributed by atoms with van der Waals surface area (Å²) in [5.41, 5.74) is 1.94. The zero-order valence-electron chi connectivity index (χ0n) is 16.4. The molecule has 0 aromatic heterocycles. The lowest BCUT2D eigenvalue weighted by Crippen LogP contribution is -2.40. The van der Waals surface area contributed by atoms with Gasteiger partial charge < -0.3 is 19.7 Å². The minimum absolute atomic E-state index is 0. The van der Waals surface area contributed by atoms with Crippen LogP contribution in [-0.2, 0) is 11.3 Å². The Morgan fingerprint density at radius 1 is 1.26 bits per heavy atom. The molecule has 2 fully saturated rings. The van der Waals surface area contributed by atoms with E-state index in [1.807, 2.05) is 19.2 Å². The van der Waals surface area contributed by atoms with Gasteiger partial charge in [0.1, 0.15) is 11.3 Å². The zero-order valence-corrected chi connectivity index (χ0v) is 18.7. The van der Waals surface area contributed by atoms with Crippen LogP contribution in [0, 0.1) is 5.41 Å². The SMILES string of the molecule is CN=C(NCc1ccc(OC)c(C(=O)OC)c1)N1CCC2(CCCC2)C1.I. The molecule has 1 aliphatic heterocycles. The van der Waals surface area contributed by atoms with Crippen LogP contribution in [0.3, 0.4) is 0 Å². The average molecular weight is 487 g/mol. The van der Waals surface area contributed by atoms with Gasteiger partial charge in [0.15, 0.2) is 5.96 Å². The third-order valence-corrected chi connectivity index (χ3v) is 5.73. The van der Waals surface area contributed by atoms with Crippen molar-refractivity contribution in [3.05, 3.63) is 29.3 Å². The first-order valence-electron chi connectivity index (χ1n) is 9.32. The number of benzene rings is 1. The summed E-state index contributed by atoms with van der Waals surface area (Å²) in [7, 11) is 4.75. The van der Waals surface area contributed by atoms with Crippen LogP contribution in [0.2, 0.25) is 0 Å². The Hall–Kier alpha value is -1.51. The number of ether oxygens (including phenoxy) is 2. The minimum atomic E-state index is -0.393. The fourth-order valence-electron chi connectivity index (χ4n) is 4.30. The molecule has 1 heterocycles. The summed E-state index contributed by atoms with van der Waals surface area (Å²) >= 11 is 0. The summed E-state index contributed by atoms with van der Waals surface area (Å²) in [5, 5.41) is 3.44. The van der Waals surface area contributed by atoms with E-state index in [-0.39, 0.29) is 24.0 Å². The topological polar surface area (TPSA) is 63.2 Å². The van der Waals surface area contributed by atoms with Crippen molar-refractivity contribution < 1.29 is 14.3 Å². The van der Waals surface area contributed by atoms with E-state index in [0.29, 0.717) is 23.3 Å². The third-order valence-electron chi connectivity index (χ3n) is 5.73. The molecular weight excluding hydrogens is 457 g/mol. The normalized spacial score (nSPS) is 18.3. The number of aliphatic imine (C=N–C) groups is 1. The number of methoxy groups -OCH3 is 2. The summed E-state index contributed by atoms with van der Waals surface area (Å²) in [6.45, 7) is 2.77.